The van der Waals surface area contributed by atoms with Gasteiger partial charge in [0.05, 0.1) is 5.92 Å². The summed E-state index contributed by atoms with van der Waals surface area (Å²) < 4.78 is 11.7. The molecule has 40 heavy (non-hydrogen) atoms. The second-order valence-corrected chi connectivity index (χ2v) is 12.4. The van der Waals surface area contributed by atoms with E-state index >= 15 is 0 Å². The largest absolute Gasteiger partial charge is 0.462 e. The SMILES string of the molecule is CCCCCCCCCCCCCCC(COC(=O)C(CCCCC)CCCCC)OC(=O)CCCCN(C)C. The molecule has 0 aromatic carbocycles. The zero-order chi connectivity index (χ0) is 29.7. The maximum Gasteiger partial charge on any atom is 0.309 e. The molecule has 0 N–H and O–H groups in total. The Morgan fingerprint density at radius 1 is 0.575 bits per heavy atom. The molecule has 0 amide bonds. The van der Waals surface area contributed by atoms with E-state index in [1.807, 2.05) is 0 Å². The molecule has 0 bridgehead atoms. The average molecular weight is 568 g/mol. The molecule has 5 nitrogen and oxygen atoms in total. The van der Waals surface area contributed by atoms with Gasteiger partial charge in [-0.3, -0.25) is 9.59 Å². The zero-order valence-electron chi connectivity index (χ0n) is 27.6. The van der Waals surface area contributed by atoms with Crippen molar-refractivity contribution < 1.29 is 19.1 Å². The quantitative estimate of drug-likeness (QED) is 0.0638. The van der Waals surface area contributed by atoms with Crippen molar-refractivity contribution in [2.75, 3.05) is 27.2 Å². The minimum absolute atomic E-state index is 0.0212. The highest BCUT2D eigenvalue weighted by molar-refractivity contribution is 5.72. The Labute approximate surface area is 249 Å². The van der Waals surface area contributed by atoms with Crippen LogP contribution in [0.2, 0.25) is 0 Å². The van der Waals surface area contributed by atoms with Gasteiger partial charge in [-0.25, -0.2) is 0 Å². The predicted octanol–water partition coefficient (Wildman–Crippen LogP) is 10.0. The molecule has 0 radical (unpaired) electrons. The normalized spacial score (nSPS) is 12.3. The van der Waals surface area contributed by atoms with Crippen LogP contribution in [0.4, 0.5) is 0 Å². The highest BCUT2D eigenvalue weighted by atomic mass is 16.6. The lowest BCUT2D eigenvalue weighted by atomic mass is 9.95. The van der Waals surface area contributed by atoms with Crippen molar-refractivity contribution in [3.05, 3.63) is 0 Å². The van der Waals surface area contributed by atoms with Crippen LogP contribution in [0, 0.1) is 5.92 Å². The van der Waals surface area contributed by atoms with Gasteiger partial charge in [-0.2, -0.15) is 0 Å². The van der Waals surface area contributed by atoms with Crippen LogP contribution in [0.25, 0.3) is 0 Å². The number of hydrogen-bond acceptors (Lipinski definition) is 5. The van der Waals surface area contributed by atoms with Crippen molar-refractivity contribution in [3.63, 3.8) is 0 Å². The lowest BCUT2D eigenvalue weighted by molar-refractivity contribution is -0.162. The lowest BCUT2D eigenvalue weighted by Crippen LogP contribution is -2.28. The zero-order valence-corrected chi connectivity index (χ0v) is 27.6. The van der Waals surface area contributed by atoms with Gasteiger partial charge in [0.25, 0.3) is 0 Å². The summed E-state index contributed by atoms with van der Waals surface area (Å²) in [5, 5.41) is 0. The molecule has 0 aliphatic carbocycles. The molecular formula is C35H69NO4. The molecule has 0 heterocycles. The Morgan fingerprint density at radius 3 is 1.52 bits per heavy atom. The Hall–Kier alpha value is -1.10. The van der Waals surface area contributed by atoms with Crippen molar-refractivity contribution in [1.29, 1.82) is 0 Å². The molecule has 1 unspecified atom stereocenters. The third-order valence-electron chi connectivity index (χ3n) is 7.97. The van der Waals surface area contributed by atoms with Crippen LogP contribution >= 0.6 is 0 Å². The number of rotatable bonds is 30. The molecule has 0 saturated heterocycles. The third kappa shape index (κ3) is 25.8. The maximum atomic E-state index is 13.0. The van der Waals surface area contributed by atoms with Crippen molar-refractivity contribution in [2.24, 2.45) is 5.92 Å². The molecule has 0 spiro atoms. The van der Waals surface area contributed by atoms with Crippen LogP contribution in [0.15, 0.2) is 0 Å². The Morgan fingerprint density at radius 2 is 1.02 bits per heavy atom. The van der Waals surface area contributed by atoms with Crippen molar-refractivity contribution in [2.45, 2.75) is 181 Å². The van der Waals surface area contributed by atoms with Gasteiger partial charge >= 0.3 is 11.9 Å². The van der Waals surface area contributed by atoms with Gasteiger partial charge in [-0.15, -0.1) is 0 Å². The summed E-state index contributed by atoms with van der Waals surface area (Å²) in [6.45, 7) is 7.84. The molecule has 0 aromatic rings. The second-order valence-electron chi connectivity index (χ2n) is 12.4. The smallest absolute Gasteiger partial charge is 0.309 e. The number of hydrogen-bond donors (Lipinski definition) is 0. The number of esters is 2. The molecule has 0 fully saturated rings. The minimum Gasteiger partial charge on any atom is -0.462 e. The van der Waals surface area contributed by atoms with Crippen LogP contribution in [-0.4, -0.2) is 50.2 Å². The summed E-state index contributed by atoms with van der Waals surface area (Å²) in [7, 11) is 4.10. The number of unbranched alkanes of at least 4 members (excludes halogenated alkanes) is 16. The van der Waals surface area contributed by atoms with Gasteiger partial charge in [0.15, 0.2) is 0 Å². The highest BCUT2D eigenvalue weighted by Gasteiger charge is 2.22. The fourth-order valence-electron chi connectivity index (χ4n) is 5.29. The fourth-order valence-corrected chi connectivity index (χ4v) is 5.29. The van der Waals surface area contributed by atoms with E-state index in [0.717, 1.165) is 90.0 Å². The van der Waals surface area contributed by atoms with E-state index in [9.17, 15) is 9.59 Å². The van der Waals surface area contributed by atoms with E-state index < -0.39 is 0 Å². The molecule has 0 rings (SSSR count). The number of ether oxygens (including phenoxy) is 2. The van der Waals surface area contributed by atoms with E-state index in [1.54, 1.807) is 0 Å². The minimum atomic E-state index is -0.319. The first-order valence-electron chi connectivity index (χ1n) is 17.4. The van der Waals surface area contributed by atoms with Crippen LogP contribution in [0.1, 0.15) is 175 Å². The van der Waals surface area contributed by atoms with E-state index in [4.69, 9.17) is 9.47 Å². The van der Waals surface area contributed by atoms with Crippen LogP contribution < -0.4 is 0 Å². The summed E-state index contributed by atoms with van der Waals surface area (Å²) in [5.74, 6) is -0.262. The molecule has 238 valence electrons. The number of carbonyl (C=O) groups excluding carboxylic acids is 2. The Balaban J connectivity index is 4.56. The average Bonchev–Trinajstić information content (AvgIpc) is 2.93. The Bertz CT molecular complexity index is 556. The topological polar surface area (TPSA) is 55.8 Å². The van der Waals surface area contributed by atoms with Gasteiger partial charge in [-0.05, 0) is 59.2 Å². The fraction of sp³-hybridized carbons (Fsp3) is 0.943. The molecule has 0 saturated carbocycles. The van der Waals surface area contributed by atoms with Gasteiger partial charge in [0.1, 0.15) is 12.7 Å². The summed E-state index contributed by atoms with van der Waals surface area (Å²) >= 11 is 0. The van der Waals surface area contributed by atoms with Crippen molar-refractivity contribution >= 4 is 11.9 Å². The summed E-state index contributed by atoms with van der Waals surface area (Å²) in [4.78, 5) is 27.7. The summed E-state index contributed by atoms with van der Waals surface area (Å²) in [6.07, 6.45) is 26.9. The molecule has 1 atom stereocenters. The van der Waals surface area contributed by atoms with Gasteiger partial charge < -0.3 is 14.4 Å². The van der Waals surface area contributed by atoms with E-state index in [2.05, 4.69) is 39.8 Å². The molecular weight excluding hydrogens is 498 g/mol. The predicted molar refractivity (Wildman–Crippen MR) is 171 cm³/mol. The van der Waals surface area contributed by atoms with E-state index in [1.165, 1.54) is 64.2 Å². The third-order valence-corrected chi connectivity index (χ3v) is 7.97. The standard InChI is InChI=1S/C35H69NO4/c1-6-9-12-13-14-15-16-17-18-19-20-23-28-33(40-34(37)29-24-25-30-36(4)5)31-39-35(38)32(26-21-10-7-2)27-22-11-8-3/h32-33H,6-31H2,1-5H3. The van der Waals surface area contributed by atoms with Crippen molar-refractivity contribution in [3.8, 4) is 0 Å². The lowest BCUT2D eigenvalue weighted by Gasteiger charge is -2.21. The molecule has 0 aliphatic heterocycles. The first-order chi connectivity index (χ1) is 19.4. The summed E-state index contributed by atoms with van der Waals surface area (Å²) in [6, 6.07) is 0. The van der Waals surface area contributed by atoms with E-state index in [0.29, 0.717) is 6.42 Å². The first-order valence-corrected chi connectivity index (χ1v) is 17.4. The molecule has 5 heteroatoms. The highest BCUT2D eigenvalue weighted by Crippen LogP contribution is 2.20. The number of carbonyl (C=O) groups is 2. The molecule has 0 aromatic heterocycles. The van der Waals surface area contributed by atoms with Gasteiger partial charge in [0, 0.05) is 6.42 Å². The first kappa shape index (κ1) is 38.9. The van der Waals surface area contributed by atoms with Crippen LogP contribution in [0.3, 0.4) is 0 Å². The Kier molecular flexibility index (Phi) is 28.6. The van der Waals surface area contributed by atoms with Gasteiger partial charge in [-0.1, -0.05) is 130 Å². The maximum absolute atomic E-state index is 13.0. The molecule has 0 aliphatic rings. The second kappa shape index (κ2) is 29.4. The van der Waals surface area contributed by atoms with E-state index in [-0.39, 0.29) is 30.6 Å². The van der Waals surface area contributed by atoms with Crippen LogP contribution in [0.5, 0.6) is 0 Å². The monoisotopic (exact) mass is 568 g/mol. The van der Waals surface area contributed by atoms with Crippen LogP contribution in [-0.2, 0) is 19.1 Å². The summed E-state index contributed by atoms with van der Waals surface area (Å²) in [5.41, 5.74) is 0. The van der Waals surface area contributed by atoms with Gasteiger partial charge in [0.2, 0.25) is 0 Å². The number of nitrogens with zero attached hydrogens (tertiary/aromatic N) is 1. The van der Waals surface area contributed by atoms with Crippen molar-refractivity contribution in [1.82, 2.24) is 4.90 Å².